The van der Waals surface area contributed by atoms with Crippen LogP contribution in [0.1, 0.15) is 13.8 Å². The summed E-state index contributed by atoms with van der Waals surface area (Å²) in [6, 6.07) is 3.52. The van der Waals surface area contributed by atoms with Crippen molar-refractivity contribution in [2.24, 2.45) is 11.7 Å². The summed E-state index contributed by atoms with van der Waals surface area (Å²) in [5.74, 6) is -1.09. The second-order valence-corrected chi connectivity index (χ2v) is 4.17. The molecule has 0 aliphatic carbocycles. The summed E-state index contributed by atoms with van der Waals surface area (Å²) in [7, 11) is 0. The third-order valence-electron chi connectivity index (χ3n) is 2.39. The van der Waals surface area contributed by atoms with E-state index in [1.807, 2.05) is 0 Å². The summed E-state index contributed by atoms with van der Waals surface area (Å²) in [5, 5.41) is 2.84. The first-order valence-corrected chi connectivity index (χ1v) is 5.31. The number of rotatable bonds is 3. The van der Waals surface area contributed by atoms with Gasteiger partial charge in [-0.05, 0) is 25.1 Å². The molecular weight excluding hydrogens is 231 g/mol. The van der Waals surface area contributed by atoms with Crippen molar-refractivity contribution in [3.05, 3.63) is 29.0 Å². The van der Waals surface area contributed by atoms with E-state index in [2.05, 4.69) is 5.32 Å². The van der Waals surface area contributed by atoms with E-state index in [-0.39, 0.29) is 23.6 Å². The summed E-state index contributed by atoms with van der Waals surface area (Å²) >= 11 is 5.81. The van der Waals surface area contributed by atoms with E-state index in [0.717, 1.165) is 0 Å². The molecule has 2 unspecified atom stereocenters. The van der Waals surface area contributed by atoms with Crippen LogP contribution in [0.3, 0.4) is 0 Å². The minimum Gasteiger partial charge on any atom is -0.327 e. The first-order valence-electron chi connectivity index (χ1n) is 4.93. The number of nitrogens with one attached hydrogen (secondary N) is 1. The topological polar surface area (TPSA) is 55.1 Å². The minimum atomic E-state index is -0.451. The molecule has 0 saturated carbocycles. The quantitative estimate of drug-likeness (QED) is 0.858. The number of benzene rings is 1. The Balaban J connectivity index is 2.80. The molecule has 0 spiro atoms. The number of hydrogen-bond donors (Lipinski definition) is 2. The van der Waals surface area contributed by atoms with Crippen molar-refractivity contribution < 1.29 is 9.18 Å². The van der Waals surface area contributed by atoms with Crippen LogP contribution in [0.15, 0.2) is 18.2 Å². The highest BCUT2D eigenvalue weighted by Crippen LogP contribution is 2.23. The number of carbonyl (C=O) groups is 1. The van der Waals surface area contributed by atoms with E-state index >= 15 is 0 Å². The lowest BCUT2D eigenvalue weighted by molar-refractivity contribution is -0.119. The van der Waals surface area contributed by atoms with Crippen LogP contribution in [0.25, 0.3) is 0 Å². The fraction of sp³-hybridized carbons (Fsp3) is 0.364. The number of halogens is 2. The molecule has 16 heavy (non-hydrogen) atoms. The Kier molecular flexibility index (Phi) is 4.26. The lowest BCUT2D eigenvalue weighted by Crippen LogP contribution is -2.34. The summed E-state index contributed by atoms with van der Waals surface area (Å²) in [6.07, 6.45) is 0. The van der Waals surface area contributed by atoms with Gasteiger partial charge in [0.2, 0.25) is 5.91 Å². The molecule has 3 nitrogen and oxygen atoms in total. The molecule has 88 valence electrons. The molecule has 0 radical (unpaired) electrons. The van der Waals surface area contributed by atoms with Gasteiger partial charge in [-0.25, -0.2) is 4.39 Å². The van der Waals surface area contributed by atoms with Gasteiger partial charge in [-0.15, -0.1) is 0 Å². The van der Waals surface area contributed by atoms with Gasteiger partial charge in [0.05, 0.1) is 16.6 Å². The van der Waals surface area contributed by atoms with Gasteiger partial charge in [-0.2, -0.15) is 0 Å². The molecule has 0 fully saturated rings. The normalized spacial score (nSPS) is 14.3. The average Bonchev–Trinajstić information content (AvgIpc) is 2.22. The zero-order valence-electron chi connectivity index (χ0n) is 9.13. The van der Waals surface area contributed by atoms with Gasteiger partial charge >= 0.3 is 0 Å². The third-order valence-corrected chi connectivity index (χ3v) is 2.72. The van der Waals surface area contributed by atoms with Crippen LogP contribution in [0.5, 0.6) is 0 Å². The van der Waals surface area contributed by atoms with Crippen molar-refractivity contribution in [3.63, 3.8) is 0 Å². The number of anilines is 1. The van der Waals surface area contributed by atoms with Crippen LogP contribution in [0.2, 0.25) is 5.02 Å². The Bertz CT molecular complexity index is 396. The van der Waals surface area contributed by atoms with E-state index in [4.69, 9.17) is 17.3 Å². The number of carbonyl (C=O) groups excluding carboxylic acids is 1. The van der Waals surface area contributed by atoms with E-state index < -0.39 is 5.82 Å². The highest BCUT2D eigenvalue weighted by atomic mass is 35.5. The maximum atomic E-state index is 12.9. The van der Waals surface area contributed by atoms with Gasteiger partial charge < -0.3 is 11.1 Å². The first kappa shape index (κ1) is 12.9. The van der Waals surface area contributed by atoms with Gasteiger partial charge in [-0.1, -0.05) is 18.5 Å². The Morgan fingerprint density at radius 3 is 2.69 bits per heavy atom. The van der Waals surface area contributed by atoms with Gasteiger partial charge in [0.25, 0.3) is 0 Å². The molecule has 1 amide bonds. The predicted molar refractivity (Wildman–Crippen MR) is 62.9 cm³/mol. The molecule has 1 aromatic rings. The van der Waals surface area contributed by atoms with E-state index in [9.17, 15) is 9.18 Å². The molecule has 0 saturated heterocycles. The van der Waals surface area contributed by atoms with Crippen LogP contribution in [0.4, 0.5) is 10.1 Å². The molecule has 0 heterocycles. The smallest absolute Gasteiger partial charge is 0.228 e. The number of nitrogens with two attached hydrogens (primary N) is 1. The minimum absolute atomic E-state index is 0.263. The van der Waals surface area contributed by atoms with Gasteiger partial charge in [0, 0.05) is 6.04 Å². The van der Waals surface area contributed by atoms with Crippen molar-refractivity contribution in [3.8, 4) is 0 Å². The molecule has 0 aromatic heterocycles. The third kappa shape index (κ3) is 3.18. The van der Waals surface area contributed by atoms with E-state index in [0.29, 0.717) is 5.02 Å². The van der Waals surface area contributed by atoms with Crippen LogP contribution in [0, 0.1) is 11.7 Å². The van der Waals surface area contributed by atoms with Crippen molar-refractivity contribution >= 4 is 23.2 Å². The zero-order chi connectivity index (χ0) is 12.3. The molecule has 1 rings (SSSR count). The van der Waals surface area contributed by atoms with Gasteiger partial charge in [-0.3, -0.25) is 4.79 Å². The molecule has 0 aliphatic heterocycles. The standard InChI is InChI=1S/C11H14ClFN2O/c1-6(7(2)14)11(16)15-10-5-8(13)3-4-9(10)12/h3-7H,14H2,1-2H3,(H,15,16). The van der Waals surface area contributed by atoms with Crippen molar-refractivity contribution in [2.75, 3.05) is 5.32 Å². The molecule has 2 atom stereocenters. The van der Waals surface area contributed by atoms with E-state index in [1.54, 1.807) is 13.8 Å². The Morgan fingerprint density at radius 1 is 1.50 bits per heavy atom. The maximum Gasteiger partial charge on any atom is 0.228 e. The molecular formula is C11H14ClFN2O. The fourth-order valence-electron chi connectivity index (χ4n) is 1.08. The van der Waals surface area contributed by atoms with E-state index in [1.165, 1.54) is 18.2 Å². The summed E-state index contributed by atoms with van der Waals surface area (Å²) < 4.78 is 12.9. The molecule has 5 heteroatoms. The fourth-order valence-corrected chi connectivity index (χ4v) is 1.24. The number of hydrogen-bond acceptors (Lipinski definition) is 2. The van der Waals surface area contributed by atoms with Gasteiger partial charge in [0.1, 0.15) is 5.82 Å². The molecule has 0 bridgehead atoms. The summed E-state index contributed by atoms with van der Waals surface area (Å²) in [6.45, 7) is 3.44. The average molecular weight is 245 g/mol. The lowest BCUT2D eigenvalue weighted by atomic mass is 10.0. The largest absolute Gasteiger partial charge is 0.327 e. The molecule has 0 aliphatic rings. The lowest BCUT2D eigenvalue weighted by Gasteiger charge is -2.15. The van der Waals surface area contributed by atoms with Gasteiger partial charge in [0.15, 0.2) is 0 Å². The second kappa shape index (κ2) is 5.27. The van der Waals surface area contributed by atoms with Crippen molar-refractivity contribution in [2.45, 2.75) is 19.9 Å². The monoisotopic (exact) mass is 244 g/mol. The van der Waals surface area contributed by atoms with Crippen LogP contribution >= 0.6 is 11.6 Å². The zero-order valence-corrected chi connectivity index (χ0v) is 9.88. The Labute approximate surface area is 98.8 Å². The van der Waals surface area contributed by atoms with Crippen LogP contribution in [-0.4, -0.2) is 11.9 Å². The Morgan fingerprint density at radius 2 is 2.12 bits per heavy atom. The maximum absolute atomic E-state index is 12.9. The first-order chi connectivity index (χ1) is 7.41. The molecule has 1 aromatic carbocycles. The Hall–Kier alpha value is -1.13. The highest BCUT2D eigenvalue weighted by molar-refractivity contribution is 6.33. The molecule has 3 N–H and O–H groups in total. The van der Waals surface area contributed by atoms with Crippen molar-refractivity contribution in [1.82, 2.24) is 0 Å². The predicted octanol–water partition coefficient (Wildman–Crippen LogP) is 2.40. The van der Waals surface area contributed by atoms with Crippen molar-refractivity contribution in [1.29, 1.82) is 0 Å². The van der Waals surface area contributed by atoms with Crippen LogP contribution in [-0.2, 0) is 4.79 Å². The SMILES string of the molecule is CC(N)C(C)C(=O)Nc1cc(F)ccc1Cl. The van der Waals surface area contributed by atoms with Crippen LogP contribution < -0.4 is 11.1 Å². The summed E-state index contributed by atoms with van der Waals surface area (Å²) in [5.41, 5.74) is 5.85. The summed E-state index contributed by atoms with van der Waals surface area (Å²) in [4.78, 5) is 11.6. The highest BCUT2D eigenvalue weighted by Gasteiger charge is 2.18. The number of amides is 1. The second-order valence-electron chi connectivity index (χ2n) is 3.76.